The minimum Gasteiger partial charge on any atom is -0.380 e. The van der Waals surface area contributed by atoms with Crippen molar-refractivity contribution >= 4 is 64.4 Å². The first-order valence-corrected chi connectivity index (χ1v) is 27.7. The van der Waals surface area contributed by atoms with Gasteiger partial charge in [0.05, 0.1) is 61.1 Å². The number of unbranched alkanes of at least 4 members (excludes halogenated alkanes) is 2. The molecule has 4 aromatic rings. The number of alkyl halides is 3. The number of imide groups is 1. The summed E-state index contributed by atoms with van der Waals surface area (Å²) in [5.74, 6) is -7.10. The number of likely N-dealkylation sites (tertiary alicyclic amines) is 1. The van der Waals surface area contributed by atoms with Gasteiger partial charge in [0, 0.05) is 61.4 Å². The Labute approximate surface area is 475 Å². The van der Waals surface area contributed by atoms with Gasteiger partial charge in [-0.05, 0) is 85.8 Å². The van der Waals surface area contributed by atoms with Crippen molar-refractivity contribution in [2.75, 3.05) is 40.0 Å². The van der Waals surface area contributed by atoms with Crippen molar-refractivity contribution in [2.24, 2.45) is 5.41 Å². The quantitative estimate of drug-likeness (QED) is 0.0136. The monoisotopic (exact) mass is 1160 g/mol. The molecule has 0 saturated carbocycles. The van der Waals surface area contributed by atoms with E-state index in [0.717, 1.165) is 0 Å². The van der Waals surface area contributed by atoms with Crippen LogP contribution in [0.5, 0.6) is 0 Å². The first kappa shape index (κ1) is 62.7. The number of aromatic nitrogens is 2. The third-order valence-electron chi connectivity index (χ3n) is 15.8. The molecular formula is C58H69F4N9O12. The number of rotatable bonds is 28. The van der Waals surface area contributed by atoms with E-state index < -0.39 is 109 Å². The Morgan fingerprint density at radius 3 is 2.22 bits per heavy atom. The van der Waals surface area contributed by atoms with Gasteiger partial charge in [-0.15, -0.1) is 0 Å². The number of carbonyl (C=O) groups is 9. The second-order valence-electron chi connectivity index (χ2n) is 21.0. The first-order valence-electron chi connectivity index (χ1n) is 27.7. The van der Waals surface area contributed by atoms with E-state index in [1.807, 2.05) is 13.8 Å². The molecule has 0 bridgehead atoms. The molecule has 25 heteroatoms. The van der Waals surface area contributed by atoms with Crippen LogP contribution in [0.15, 0.2) is 47.3 Å². The topological polar surface area (TPSA) is 282 Å². The highest BCUT2D eigenvalue weighted by atomic mass is 19.4. The zero-order chi connectivity index (χ0) is 60.3. The Morgan fingerprint density at radius 1 is 0.867 bits per heavy atom. The maximum Gasteiger partial charge on any atom is 0.423 e. The van der Waals surface area contributed by atoms with Crippen LogP contribution in [-0.2, 0) is 78.6 Å². The van der Waals surface area contributed by atoms with Crippen molar-refractivity contribution in [2.45, 2.75) is 142 Å². The number of nitrogens with zero attached hydrogens (tertiary/aromatic N) is 3. The number of aryl methyl sites for hydroxylation is 1. The zero-order valence-electron chi connectivity index (χ0n) is 46.9. The molecule has 2 aliphatic heterocycles. The number of nitrogens with one attached hydrogen (secondary N) is 6. The van der Waals surface area contributed by atoms with Gasteiger partial charge in [-0.3, -0.25) is 48.1 Å². The molecule has 1 saturated heterocycles. The molecule has 2 aromatic heterocycles. The van der Waals surface area contributed by atoms with E-state index in [1.165, 1.54) is 22.6 Å². The van der Waals surface area contributed by atoms with Crippen molar-refractivity contribution in [1.29, 1.82) is 0 Å². The van der Waals surface area contributed by atoms with Gasteiger partial charge in [0.25, 0.3) is 11.5 Å². The van der Waals surface area contributed by atoms with Crippen LogP contribution in [0, 0.1) is 18.2 Å². The van der Waals surface area contributed by atoms with Gasteiger partial charge in [-0.25, -0.2) is 9.37 Å². The van der Waals surface area contributed by atoms with Crippen LogP contribution < -0.4 is 37.5 Å². The fourth-order valence-electron chi connectivity index (χ4n) is 11.1. The Hall–Kier alpha value is -7.93. The molecule has 83 heavy (non-hydrogen) atoms. The number of carbonyl (C=O) groups excluding carboxylic acids is 9. The summed E-state index contributed by atoms with van der Waals surface area (Å²) in [6.45, 7) is 4.12. The van der Waals surface area contributed by atoms with Gasteiger partial charge in [0.2, 0.25) is 47.5 Å². The van der Waals surface area contributed by atoms with Gasteiger partial charge >= 0.3 is 6.18 Å². The van der Waals surface area contributed by atoms with Crippen molar-refractivity contribution in [1.82, 2.24) is 46.4 Å². The van der Waals surface area contributed by atoms with E-state index in [9.17, 15) is 61.1 Å². The van der Waals surface area contributed by atoms with Crippen molar-refractivity contribution < 1.29 is 70.2 Å². The maximum absolute atomic E-state index is 15.5. The summed E-state index contributed by atoms with van der Waals surface area (Å²) < 4.78 is 71.2. The number of hydrogen-bond acceptors (Lipinski definition) is 13. The van der Waals surface area contributed by atoms with E-state index in [2.05, 4.69) is 31.9 Å². The molecule has 2 aromatic carbocycles. The predicted molar refractivity (Wildman–Crippen MR) is 292 cm³/mol. The second kappa shape index (κ2) is 27.4. The summed E-state index contributed by atoms with van der Waals surface area (Å²) >= 11 is 0. The minimum absolute atomic E-state index is 0.0169. The Kier molecular flexibility index (Phi) is 20.7. The number of benzene rings is 2. The Bertz CT molecular complexity index is 3220. The van der Waals surface area contributed by atoms with Crippen LogP contribution in [0.2, 0.25) is 0 Å². The lowest BCUT2D eigenvalue weighted by atomic mass is 9.81. The molecule has 21 nitrogen and oxygen atoms in total. The number of halogens is 4. The van der Waals surface area contributed by atoms with E-state index in [-0.39, 0.29) is 86.0 Å². The van der Waals surface area contributed by atoms with Crippen molar-refractivity contribution in [3.05, 3.63) is 97.6 Å². The zero-order valence-corrected chi connectivity index (χ0v) is 46.9. The van der Waals surface area contributed by atoms with Crippen LogP contribution in [0.1, 0.15) is 129 Å². The minimum atomic E-state index is -5.31. The van der Waals surface area contributed by atoms with E-state index >= 15 is 4.39 Å². The summed E-state index contributed by atoms with van der Waals surface area (Å²) in [5, 5.41) is 14.6. The number of methoxy groups -OCH3 is 1. The molecule has 7 rings (SSSR count). The Morgan fingerprint density at radius 2 is 1.55 bits per heavy atom. The smallest absolute Gasteiger partial charge is 0.380 e. The molecule has 8 amide bonds. The van der Waals surface area contributed by atoms with Gasteiger partial charge in [0.15, 0.2) is 0 Å². The molecule has 6 N–H and O–H groups in total. The molecule has 4 atom stereocenters. The SMILES string of the molecule is CCC(C=O)c1cc2n(c(=O)c1COC)Cc1c-2nc2cc(F)c(C)c3c2c1C(NC(=O)[C@H](OCNC(=O)CNC(=O)C(Cc1ccccc1)NC(=O)CNC(=O)CNC(=O)CCCCCN1C(=O)CC(CC)(CC)C1=O)C(F)(F)F)CC3. The number of ether oxygens (including phenoxy) is 2. The average molecular weight is 1160 g/mol. The number of aldehydes is 1. The normalized spacial score (nSPS) is 16.1. The van der Waals surface area contributed by atoms with Gasteiger partial charge in [0.1, 0.15) is 24.9 Å². The molecule has 0 spiro atoms. The standard InChI is InChI=1S/C58H69F4N9O12/c1-6-34(29-72)36-22-43-51-37(28-71(43)55(80)38(36)30-82-5)50-40(19-18-35-32(4)39(59)23-41(68-51)49(35)50)69-54(79)52(58(60,61)62)83-31-66-46(75)26-65-53(78)42(21-33-15-11-9-12-16-33)67-47(76)27-64-45(74)25-63-44(73)17-13-10-14-20-70-48(77)24-57(7-2,8-3)56(70)81/h9,11-12,15-16,22-23,29,34,40,42,52H,6-8,10,13-14,17-21,24-28,30-31H2,1-5H3,(H,63,73)(H,64,74)(H,65,78)(H,66,75)(H,67,76)(H,69,79)/t34?,40?,42?,52-/m0/s1. The lowest BCUT2D eigenvalue weighted by molar-refractivity contribution is -0.220. The lowest BCUT2D eigenvalue weighted by Gasteiger charge is -2.31. The highest BCUT2D eigenvalue weighted by molar-refractivity contribution is 6.06. The van der Waals surface area contributed by atoms with Crippen LogP contribution in [0.4, 0.5) is 17.6 Å². The molecule has 3 aliphatic rings. The van der Waals surface area contributed by atoms with Crippen LogP contribution in [-0.4, -0.2) is 126 Å². The van der Waals surface area contributed by atoms with Crippen molar-refractivity contribution in [3.8, 4) is 11.4 Å². The summed E-state index contributed by atoms with van der Waals surface area (Å²) in [5.41, 5.74) is 2.33. The lowest BCUT2D eigenvalue weighted by Crippen LogP contribution is -2.52. The fraction of sp³-hybridized carbons (Fsp3) is 0.500. The highest BCUT2D eigenvalue weighted by Gasteiger charge is 2.49. The number of amides is 8. The van der Waals surface area contributed by atoms with E-state index in [4.69, 9.17) is 14.5 Å². The fourth-order valence-corrected chi connectivity index (χ4v) is 11.1. The summed E-state index contributed by atoms with van der Waals surface area (Å²) in [6.07, 6.45) is -4.36. The molecule has 4 heterocycles. The third kappa shape index (κ3) is 14.3. The van der Waals surface area contributed by atoms with E-state index in [1.54, 1.807) is 50.2 Å². The number of fused-ring (bicyclic) bond motifs is 4. The van der Waals surface area contributed by atoms with Crippen molar-refractivity contribution in [3.63, 3.8) is 0 Å². The largest absolute Gasteiger partial charge is 0.423 e. The van der Waals surface area contributed by atoms with E-state index in [0.29, 0.717) is 83.7 Å². The predicted octanol–water partition coefficient (Wildman–Crippen LogP) is 4.04. The molecule has 446 valence electrons. The number of pyridine rings is 2. The summed E-state index contributed by atoms with van der Waals surface area (Å²) in [7, 11) is 1.40. The third-order valence-corrected chi connectivity index (χ3v) is 15.8. The van der Waals surface area contributed by atoms with Crippen LogP contribution >= 0.6 is 0 Å². The highest BCUT2D eigenvalue weighted by Crippen LogP contribution is 2.46. The molecule has 1 fully saturated rings. The van der Waals surface area contributed by atoms with Crippen LogP contribution in [0.25, 0.3) is 22.3 Å². The van der Waals surface area contributed by atoms with Gasteiger partial charge in [-0.2, -0.15) is 13.2 Å². The first-order chi connectivity index (χ1) is 39.6. The second-order valence-corrected chi connectivity index (χ2v) is 21.0. The molecule has 3 unspecified atom stereocenters. The van der Waals surface area contributed by atoms with Gasteiger partial charge < -0.3 is 50.7 Å². The average Bonchev–Trinajstić information content (AvgIpc) is 1.91. The maximum atomic E-state index is 15.5. The molecular weight excluding hydrogens is 1090 g/mol. The summed E-state index contributed by atoms with van der Waals surface area (Å²) in [4.78, 5) is 136. The molecule has 1 aliphatic carbocycles. The summed E-state index contributed by atoms with van der Waals surface area (Å²) in [6, 6.07) is 8.80. The molecule has 0 radical (unpaired) electrons. The Balaban J connectivity index is 0.918. The van der Waals surface area contributed by atoms with Crippen LogP contribution in [0.3, 0.4) is 0 Å². The van der Waals surface area contributed by atoms with Gasteiger partial charge in [-0.1, -0.05) is 57.5 Å². The number of hydrogen-bond donors (Lipinski definition) is 6.